The van der Waals surface area contributed by atoms with Crippen LogP contribution >= 0.6 is 11.3 Å². The zero-order valence-electron chi connectivity index (χ0n) is 10.6. The lowest BCUT2D eigenvalue weighted by atomic mass is 10.1. The summed E-state index contributed by atoms with van der Waals surface area (Å²) in [6, 6.07) is 0.296. The topological polar surface area (TPSA) is 47.0 Å². The van der Waals surface area contributed by atoms with Gasteiger partial charge in [0, 0.05) is 6.61 Å². The van der Waals surface area contributed by atoms with Crippen LogP contribution in [0.1, 0.15) is 61.7 Å². The molecule has 1 aromatic heterocycles. The van der Waals surface area contributed by atoms with Crippen molar-refractivity contribution in [2.45, 2.75) is 51.7 Å². The van der Waals surface area contributed by atoms with Gasteiger partial charge >= 0.3 is 0 Å². The molecule has 2 heterocycles. The maximum absolute atomic E-state index is 5.73. The van der Waals surface area contributed by atoms with Crippen LogP contribution in [0.4, 0.5) is 0 Å². The third-order valence-corrected chi connectivity index (χ3v) is 4.18. The van der Waals surface area contributed by atoms with Gasteiger partial charge in [-0.05, 0) is 39.2 Å². The average molecular weight is 255 g/mol. The minimum Gasteiger partial charge on any atom is -0.371 e. The Morgan fingerprint density at radius 3 is 3.06 bits per heavy atom. The van der Waals surface area contributed by atoms with Gasteiger partial charge in [-0.2, -0.15) is 0 Å². The van der Waals surface area contributed by atoms with Crippen molar-refractivity contribution in [1.82, 2.24) is 15.5 Å². The normalized spacial score (nSPS) is 22.6. The first-order valence-electron chi connectivity index (χ1n) is 6.49. The fourth-order valence-corrected chi connectivity index (χ4v) is 2.89. The molecule has 2 unspecified atom stereocenters. The van der Waals surface area contributed by atoms with Gasteiger partial charge in [0.1, 0.15) is 16.1 Å². The predicted octanol–water partition coefficient (Wildman–Crippen LogP) is 2.84. The summed E-state index contributed by atoms with van der Waals surface area (Å²) in [4.78, 5) is 0. The molecule has 0 aromatic carbocycles. The van der Waals surface area contributed by atoms with E-state index in [-0.39, 0.29) is 6.10 Å². The van der Waals surface area contributed by atoms with Gasteiger partial charge in [-0.15, -0.1) is 10.2 Å². The monoisotopic (exact) mass is 255 g/mol. The van der Waals surface area contributed by atoms with Gasteiger partial charge in [-0.1, -0.05) is 18.3 Å². The summed E-state index contributed by atoms with van der Waals surface area (Å²) in [6.07, 6.45) is 4.83. The number of aromatic nitrogens is 2. The number of rotatable bonds is 5. The lowest BCUT2D eigenvalue weighted by Gasteiger charge is -2.19. The molecule has 0 bridgehead atoms. The number of hydrogen-bond acceptors (Lipinski definition) is 5. The van der Waals surface area contributed by atoms with E-state index in [9.17, 15) is 0 Å². The predicted molar refractivity (Wildman–Crippen MR) is 69.2 cm³/mol. The molecule has 0 radical (unpaired) electrons. The van der Waals surface area contributed by atoms with Gasteiger partial charge in [0.15, 0.2) is 0 Å². The van der Waals surface area contributed by atoms with Crippen molar-refractivity contribution < 1.29 is 4.74 Å². The van der Waals surface area contributed by atoms with E-state index in [1.54, 1.807) is 11.3 Å². The first-order chi connectivity index (χ1) is 8.31. The highest BCUT2D eigenvalue weighted by Gasteiger charge is 2.21. The van der Waals surface area contributed by atoms with Crippen molar-refractivity contribution in [2.24, 2.45) is 0 Å². The van der Waals surface area contributed by atoms with Crippen molar-refractivity contribution in [3.63, 3.8) is 0 Å². The lowest BCUT2D eigenvalue weighted by Crippen LogP contribution is -2.19. The van der Waals surface area contributed by atoms with Crippen LogP contribution < -0.4 is 5.32 Å². The minimum absolute atomic E-state index is 0.188. The fourth-order valence-electron chi connectivity index (χ4n) is 1.94. The van der Waals surface area contributed by atoms with Crippen LogP contribution in [0.25, 0.3) is 0 Å². The van der Waals surface area contributed by atoms with Crippen molar-refractivity contribution in [3.05, 3.63) is 10.0 Å². The second kappa shape index (κ2) is 6.42. The molecule has 1 aromatic rings. The molecule has 1 saturated heterocycles. The Morgan fingerprint density at radius 1 is 1.47 bits per heavy atom. The first kappa shape index (κ1) is 12.9. The van der Waals surface area contributed by atoms with Gasteiger partial charge in [0.2, 0.25) is 0 Å². The maximum Gasteiger partial charge on any atom is 0.146 e. The Balaban J connectivity index is 1.94. The third-order valence-electron chi connectivity index (χ3n) is 2.98. The summed E-state index contributed by atoms with van der Waals surface area (Å²) < 4.78 is 5.73. The van der Waals surface area contributed by atoms with E-state index in [4.69, 9.17) is 4.74 Å². The van der Waals surface area contributed by atoms with E-state index in [1.807, 2.05) is 0 Å². The Labute approximate surface area is 107 Å². The van der Waals surface area contributed by atoms with Crippen molar-refractivity contribution in [1.29, 1.82) is 0 Å². The zero-order chi connectivity index (χ0) is 12.1. The standard InChI is InChI=1S/C12H21N3OS/c1-3-7-13-9(2)11-14-15-12(17-11)10-6-4-5-8-16-10/h9-10,13H,3-8H2,1-2H3. The van der Waals surface area contributed by atoms with Crippen LogP contribution in [0.3, 0.4) is 0 Å². The molecule has 2 rings (SSSR count). The highest BCUT2D eigenvalue weighted by Crippen LogP contribution is 2.31. The number of hydrogen-bond donors (Lipinski definition) is 1. The molecule has 0 saturated carbocycles. The summed E-state index contributed by atoms with van der Waals surface area (Å²) in [5.41, 5.74) is 0. The maximum atomic E-state index is 5.73. The summed E-state index contributed by atoms with van der Waals surface area (Å²) in [6.45, 7) is 6.20. The number of nitrogens with one attached hydrogen (secondary N) is 1. The average Bonchev–Trinajstić information content (AvgIpc) is 2.86. The highest BCUT2D eigenvalue weighted by molar-refractivity contribution is 7.11. The molecule has 17 heavy (non-hydrogen) atoms. The van der Waals surface area contributed by atoms with E-state index < -0.39 is 0 Å². The Bertz CT molecular complexity index is 336. The molecule has 4 nitrogen and oxygen atoms in total. The van der Waals surface area contributed by atoms with E-state index in [0.29, 0.717) is 6.04 Å². The number of nitrogens with zero attached hydrogens (tertiary/aromatic N) is 2. The van der Waals surface area contributed by atoms with Crippen molar-refractivity contribution in [3.8, 4) is 0 Å². The summed E-state index contributed by atoms with van der Waals surface area (Å²) in [7, 11) is 0. The molecule has 1 N–H and O–H groups in total. The van der Waals surface area contributed by atoms with Gasteiger partial charge in [0.25, 0.3) is 0 Å². The molecule has 5 heteroatoms. The van der Waals surface area contributed by atoms with Gasteiger partial charge < -0.3 is 10.1 Å². The molecule has 0 aliphatic carbocycles. The molecule has 96 valence electrons. The first-order valence-corrected chi connectivity index (χ1v) is 7.31. The lowest BCUT2D eigenvalue weighted by molar-refractivity contribution is 0.0144. The van der Waals surface area contributed by atoms with E-state index in [0.717, 1.165) is 36.0 Å². The van der Waals surface area contributed by atoms with Crippen molar-refractivity contribution >= 4 is 11.3 Å². The van der Waals surface area contributed by atoms with E-state index >= 15 is 0 Å². The second-order valence-corrected chi connectivity index (χ2v) is 5.55. The second-order valence-electron chi connectivity index (χ2n) is 4.51. The van der Waals surface area contributed by atoms with Crippen LogP contribution in [-0.4, -0.2) is 23.3 Å². The quantitative estimate of drug-likeness (QED) is 0.879. The Morgan fingerprint density at radius 2 is 2.35 bits per heavy atom. The molecule has 0 amide bonds. The molecule has 1 aliphatic heterocycles. The largest absolute Gasteiger partial charge is 0.371 e. The van der Waals surface area contributed by atoms with E-state index in [2.05, 4.69) is 29.4 Å². The highest BCUT2D eigenvalue weighted by atomic mass is 32.1. The molecular weight excluding hydrogens is 234 g/mol. The number of ether oxygens (including phenoxy) is 1. The van der Waals surface area contributed by atoms with Crippen LogP contribution in [-0.2, 0) is 4.74 Å². The molecular formula is C12H21N3OS. The molecule has 1 fully saturated rings. The van der Waals surface area contributed by atoms with Gasteiger partial charge in [0.05, 0.1) is 6.04 Å². The zero-order valence-corrected chi connectivity index (χ0v) is 11.4. The van der Waals surface area contributed by atoms with Gasteiger partial charge in [-0.3, -0.25) is 0 Å². The summed E-state index contributed by atoms with van der Waals surface area (Å²) in [5, 5.41) is 14.1. The Hall–Kier alpha value is -0.520. The smallest absolute Gasteiger partial charge is 0.146 e. The van der Waals surface area contributed by atoms with Crippen LogP contribution in [0.2, 0.25) is 0 Å². The summed E-state index contributed by atoms with van der Waals surface area (Å²) in [5.74, 6) is 0. The Kier molecular flexibility index (Phi) is 4.88. The minimum atomic E-state index is 0.188. The molecule has 2 atom stereocenters. The molecule has 1 aliphatic rings. The summed E-state index contributed by atoms with van der Waals surface area (Å²) >= 11 is 1.69. The third kappa shape index (κ3) is 3.47. The van der Waals surface area contributed by atoms with Crippen LogP contribution in [0.5, 0.6) is 0 Å². The van der Waals surface area contributed by atoms with Gasteiger partial charge in [-0.25, -0.2) is 0 Å². The van der Waals surface area contributed by atoms with Crippen LogP contribution in [0.15, 0.2) is 0 Å². The van der Waals surface area contributed by atoms with Crippen LogP contribution in [0, 0.1) is 0 Å². The van der Waals surface area contributed by atoms with E-state index in [1.165, 1.54) is 12.8 Å². The van der Waals surface area contributed by atoms with Crippen molar-refractivity contribution in [2.75, 3.05) is 13.2 Å². The molecule has 0 spiro atoms. The SMILES string of the molecule is CCCNC(C)c1nnc(C2CCCCO2)s1. The fraction of sp³-hybridized carbons (Fsp3) is 0.833.